The first-order chi connectivity index (χ1) is 22.0. The lowest BCUT2D eigenvalue weighted by atomic mass is 9.41. The van der Waals surface area contributed by atoms with Crippen molar-refractivity contribution in [1.82, 2.24) is 4.90 Å². The van der Waals surface area contributed by atoms with E-state index in [2.05, 4.69) is 34.6 Å². The molecule has 2 aliphatic heterocycles. The van der Waals surface area contributed by atoms with Crippen LogP contribution in [0.15, 0.2) is 0 Å². The van der Waals surface area contributed by atoms with Crippen LogP contribution in [-0.4, -0.2) is 96.8 Å². The molecule has 14 atom stereocenters. The van der Waals surface area contributed by atoms with Gasteiger partial charge in [-0.1, -0.05) is 34.6 Å². The zero-order valence-electron chi connectivity index (χ0n) is 30.3. The van der Waals surface area contributed by atoms with Crippen molar-refractivity contribution in [2.75, 3.05) is 32.8 Å². The average Bonchev–Trinajstić information content (AvgIpc) is 3.61. The predicted octanol–water partition coefficient (Wildman–Crippen LogP) is 6.28. The van der Waals surface area contributed by atoms with Crippen LogP contribution in [0.4, 0.5) is 8.78 Å². The maximum absolute atomic E-state index is 13.1. The van der Waals surface area contributed by atoms with Crippen LogP contribution in [0.2, 0.25) is 0 Å². The average molecular weight is 668 g/mol. The molecule has 0 bridgehead atoms. The number of morpholine rings is 1. The third-order valence-electron chi connectivity index (χ3n) is 16.0. The Morgan fingerprint density at radius 1 is 1.02 bits per heavy atom. The number of hydrogen-bond donors (Lipinski definition) is 2. The minimum atomic E-state index is -2.35. The van der Waals surface area contributed by atoms with E-state index >= 15 is 0 Å². The van der Waals surface area contributed by atoms with Gasteiger partial charge in [-0.15, -0.1) is 0 Å². The second-order valence-electron chi connectivity index (χ2n) is 18.7. The van der Waals surface area contributed by atoms with Crippen LogP contribution in [0.3, 0.4) is 0 Å². The molecule has 7 fully saturated rings. The first-order valence-electron chi connectivity index (χ1n) is 18.9. The number of fused-ring (bicyclic) bond motifs is 4. The molecule has 47 heavy (non-hydrogen) atoms. The number of nitrogens with zero attached hydrogens (tertiary/aromatic N) is 1. The molecule has 0 amide bonds. The van der Waals surface area contributed by atoms with Crippen molar-refractivity contribution >= 4 is 0 Å². The van der Waals surface area contributed by atoms with E-state index in [1.54, 1.807) is 18.7 Å². The Balaban J connectivity index is 1.12. The van der Waals surface area contributed by atoms with Gasteiger partial charge in [-0.05, 0) is 117 Å². The topological polar surface area (TPSA) is 80.6 Å². The van der Waals surface area contributed by atoms with Crippen molar-refractivity contribution in [1.29, 1.82) is 0 Å². The third kappa shape index (κ3) is 4.92. The zero-order chi connectivity index (χ0) is 33.9. The highest BCUT2D eigenvalue weighted by Gasteiger charge is 2.84. The lowest BCUT2D eigenvalue weighted by molar-refractivity contribution is -0.250. The fourth-order valence-electron chi connectivity index (χ4n) is 14.0. The molecular weight excluding hydrogens is 604 g/mol. The largest absolute Gasteiger partial charge is 0.390 e. The Morgan fingerprint density at radius 3 is 2.40 bits per heavy atom. The zero-order valence-corrected chi connectivity index (χ0v) is 30.3. The quantitative estimate of drug-likeness (QED) is 0.315. The van der Waals surface area contributed by atoms with Crippen LogP contribution in [0.25, 0.3) is 0 Å². The highest BCUT2D eigenvalue weighted by atomic mass is 19.3. The Hall–Kier alpha value is -0.420. The van der Waals surface area contributed by atoms with Crippen LogP contribution < -0.4 is 0 Å². The maximum Gasteiger partial charge on any atom is 0.251 e. The summed E-state index contributed by atoms with van der Waals surface area (Å²) in [6, 6.07) is 0. The lowest BCUT2D eigenvalue weighted by Crippen LogP contribution is -2.60. The number of halogens is 2. The standard InChI is InChI=1S/C38H63F2NO6/c1-9-44-32(34(5,6)43)23-18-22(2)29-30(46-23)31(42)36(8)25-11-10-24-33(3,4)26(47-28-20-41(16-17-45-28)19-27(39)40)12-13-37(24)21-38(25,37)15-14-35(29,36)7/h22-32,42-43H,9-21H2,1-8H3/t22-,23-,24+,25+,26+,28+,29+,30+,31+,32+,35-,36-,37-,38+/m1/s1. The van der Waals surface area contributed by atoms with Gasteiger partial charge in [0.15, 0.2) is 6.29 Å². The van der Waals surface area contributed by atoms with E-state index in [1.165, 1.54) is 12.8 Å². The van der Waals surface area contributed by atoms with Crippen LogP contribution in [0.5, 0.6) is 0 Å². The number of aliphatic hydroxyl groups is 2. The van der Waals surface area contributed by atoms with E-state index in [0.29, 0.717) is 44.1 Å². The minimum Gasteiger partial charge on any atom is -0.390 e. The molecule has 2 saturated heterocycles. The summed E-state index contributed by atoms with van der Waals surface area (Å²) in [6.07, 6.45) is 4.44. The second kappa shape index (κ2) is 11.5. The summed E-state index contributed by atoms with van der Waals surface area (Å²) in [5, 5.41) is 23.6. The summed E-state index contributed by atoms with van der Waals surface area (Å²) in [7, 11) is 0. The normalized spacial score (nSPS) is 51.4. The van der Waals surface area contributed by atoms with Crippen LogP contribution in [-0.2, 0) is 18.9 Å². The van der Waals surface area contributed by atoms with Crippen molar-refractivity contribution in [2.45, 2.75) is 156 Å². The molecule has 5 aliphatic carbocycles. The third-order valence-corrected chi connectivity index (χ3v) is 16.0. The van der Waals surface area contributed by atoms with Crippen LogP contribution in [0.1, 0.15) is 107 Å². The Labute approximate surface area is 281 Å². The molecule has 0 aromatic rings. The van der Waals surface area contributed by atoms with Crippen LogP contribution in [0, 0.1) is 50.7 Å². The van der Waals surface area contributed by atoms with Gasteiger partial charge in [0, 0.05) is 25.1 Å². The van der Waals surface area contributed by atoms with E-state index < -0.39 is 30.5 Å². The van der Waals surface area contributed by atoms with Gasteiger partial charge in [-0.3, -0.25) is 4.90 Å². The summed E-state index contributed by atoms with van der Waals surface area (Å²) in [5.74, 6) is 1.59. The molecule has 9 heteroatoms. The predicted molar refractivity (Wildman–Crippen MR) is 175 cm³/mol. The Kier molecular flexibility index (Phi) is 8.60. The second-order valence-corrected chi connectivity index (χ2v) is 18.7. The molecule has 0 aromatic carbocycles. The van der Waals surface area contributed by atoms with Gasteiger partial charge in [-0.25, -0.2) is 8.78 Å². The first-order valence-corrected chi connectivity index (χ1v) is 18.9. The van der Waals surface area contributed by atoms with Crippen molar-refractivity contribution in [2.24, 2.45) is 50.7 Å². The fraction of sp³-hybridized carbons (Fsp3) is 1.00. The number of hydrogen-bond acceptors (Lipinski definition) is 7. The van der Waals surface area contributed by atoms with E-state index in [4.69, 9.17) is 18.9 Å². The molecular formula is C38H63F2NO6. The van der Waals surface area contributed by atoms with Gasteiger partial charge in [-0.2, -0.15) is 0 Å². The highest BCUT2D eigenvalue weighted by molar-refractivity contribution is 5.33. The van der Waals surface area contributed by atoms with Gasteiger partial charge < -0.3 is 29.2 Å². The molecule has 2 heterocycles. The van der Waals surface area contributed by atoms with Crippen molar-refractivity contribution < 1.29 is 37.9 Å². The molecule has 0 unspecified atom stereocenters. The van der Waals surface area contributed by atoms with E-state index in [1.807, 2.05) is 6.92 Å². The Bertz CT molecular complexity index is 1180. The Morgan fingerprint density at radius 2 is 1.72 bits per heavy atom. The molecule has 0 aromatic heterocycles. The van der Waals surface area contributed by atoms with Crippen molar-refractivity contribution in [3.05, 3.63) is 0 Å². The van der Waals surface area contributed by atoms with Crippen LogP contribution >= 0.6 is 0 Å². The molecule has 5 saturated carbocycles. The monoisotopic (exact) mass is 667 g/mol. The van der Waals surface area contributed by atoms with E-state index in [-0.39, 0.29) is 57.8 Å². The minimum absolute atomic E-state index is 0.0257. The molecule has 2 spiro atoms. The molecule has 2 N–H and O–H groups in total. The van der Waals surface area contributed by atoms with E-state index in [0.717, 1.165) is 38.5 Å². The SMILES string of the molecule is CCO[C@@H]([C@H]1C[C@@H](C)[C@H]2[C@H](O1)[C@H](O)[C@@]1(C)[C@@H]3CC[C@H]4C(C)(C)[C@@H](O[C@H]5CN(CC(F)F)CCO5)CC[C@@]45C[C@@]35CC[C@]21C)C(C)(C)O. The number of rotatable bonds is 8. The summed E-state index contributed by atoms with van der Waals surface area (Å²) in [4.78, 5) is 1.77. The molecule has 7 aliphatic rings. The lowest BCUT2D eigenvalue weighted by Gasteiger charge is -2.64. The van der Waals surface area contributed by atoms with Gasteiger partial charge in [0.2, 0.25) is 0 Å². The number of alkyl halides is 2. The van der Waals surface area contributed by atoms with Gasteiger partial charge in [0.05, 0.1) is 43.2 Å². The molecule has 0 radical (unpaired) electrons. The number of ether oxygens (including phenoxy) is 4. The summed E-state index contributed by atoms with van der Waals surface area (Å²) in [5.41, 5.74) is -0.870. The van der Waals surface area contributed by atoms with E-state index in [9.17, 15) is 19.0 Å². The maximum atomic E-state index is 13.1. The summed E-state index contributed by atoms with van der Waals surface area (Å²) < 4.78 is 51.9. The van der Waals surface area contributed by atoms with Gasteiger partial charge in [0.25, 0.3) is 6.43 Å². The van der Waals surface area contributed by atoms with Gasteiger partial charge >= 0.3 is 0 Å². The first kappa shape index (κ1) is 35.0. The molecule has 7 rings (SSSR count). The van der Waals surface area contributed by atoms with Crippen molar-refractivity contribution in [3.8, 4) is 0 Å². The van der Waals surface area contributed by atoms with Gasteiger partial charge in [0.1, 0.15) is 6.10 Å². The highest BCUT2D eigenvalue weighted by Crippen LogP contribution is 2.89. The van der Waals surface area contributed by atoms with Crippen molar-refractivity contribution in [3.63, 3.8) is 0 Å². The molecule has 270 valence electrons. The summed E-state index contributed by atoms with van der Waals surface area (Å²) in [6.45, 7) is 19.2. The number of aliphatic hydroxyl groups excluding tert-OH is 1. The molecule has 7 nitrogen and oxygen atoms in total. The smallest absolute Gasteiger partial charge is 0.251 e. The summed E-state index contributed by atoms with van der Waals surface area (Å²) >= 11 is 0. The fourth-order valence-corrected chi connectivity index (χ4v) is 14.0.